The van der Waals surface area contributed by atoms with E-state index < -0.39 is 0 Å². The second-order valence-corrected chi connectivity index (χ2v) is 4.32. The molecule has 0 saturated heterocycles. The molecular formula is C12H21N3. The first kappa shape index (κ1) is 10.7. The average molecular weight is 207 g/mol. The highest BCUT2D eigenvalue weighted by Gasteiger charge is 2.33. The molecule has 0 spiro atoms. The fourth-order valence-electron chi connectivity index (χ4n) is 2.45. The largest absolute Gasteiger partial charge is 0.317 e. The molecule has 15 heavy (non-hydrogen) atoms. The van der Waals surface area contributed by atoms with Gasteiger partial charge in [-0.1, -0.05) is 6.92 Å². The molecule has 3 heteroatoms. The number of nitrogens with zero attached hydrogens (tertiary/aromatic N) is 2. The SMILES string of the molecule is CCNCC1CCC1c1ccnn1CC. The van der Waals surface area contributed by atoms with Crippen molar-refractivity contribution < 1.29 is 0 Å². The molecule has 2 rings (SSSR count). The summed E-state index contributed by atoms with van der Waals surface area (Å²) in [6.45, 7) is 7.57. The van der Waals surface area contributed by atoms with E-state index in [1.807, 2.05) is 6.20 Å². The summed E-state index contributed by atoms with van der Waals surface area (Å²) in [5.74, 6) is 1.57. The van der Waals surface area contributed by atoms with Crippen LogP contribution in [0.4, 0.5) is 0 Å². The topological polar surface area (TPSA) is 29.9 Å². The van der Waals surface area contributed by atoms with E-state index in [9.17, 15) is 0 Å². The van der Waals surface area contributed by atoms with E-state index in [0.29, 0.717) is 0 Å². The Morgan fingerprint density at radius 1 is 1.47 bits per heavy atom. The fraction of sp³-hybridized carbons (Fsp3) is 0.750. The lowest BCUT2D eigenvalue weighted by molar-refractivity contribution is 0.235. The summed E-state index contributed by atoms with van der Waals surface area (Å²) in [6, 6.07) is 2.19. The minimum Gasteiger partial charge on any atom is -0.317 e. The quantitative estimate of drug-likeness (QED) is 0.800. The van der Waals surface area contributed by atoms with Gasteiger partial charge in [0.25, 0.3) is 0 Å². The summed E-state index contributed by atoms with van der Waals surface area (Å²) in [7, 11) is 0. The zero-order valence-corrected chi connectivity index (χ0v) is 9.74. The minimum absolute atomic E-state index is 0.742. The van der Waals surface area contributed by atoms with Crippen molar-refractivity contribution in [2.24, 2.45) is 5.92 Å². The van der Waals surface area contributed by atoms with Crippen molar-refractivity contribution >= 4 is 0 Å². The Kier molecular flexibility index (Phi) is 3.41. The van der Waals surface area contributed by atoms with Crippen LogP contribution in [0.1, 0.15) is 38.3 Å². The van der Waals surface area contributed by atoms with Crippen LogP contribution in [0.25, 0.3) is 0 Å². The molecule has 1 heterocycles. The van der Waals surface area contributed by atoms with Crippen molar-refractivity contribution in [3.63, 3.8) is 0 Å². The van der Waals surface area contributed by atoms with E-state index in [2.05, 4.69) is 35.0 Å². The molecular weight excluding hydrogens is 186 g/mol. The van der Waals surface area contributed by atoms with Gasteiger partial charge in [-0.05, 0) is 44.8 Å². The highest BCUT2D eigenvalue weighted by atomic mass is 15.3. The van der Waals surface area contributed by atoms with E-state index in [4.69, 9.17) is 0 Å². The van der Waals surface area contributed by atoms with Crippen molar-refractivity contribution in [2.45, 2.75) is 39.2 Å². The van der Waals surface area contributed by atoms with Gasteiger partial charge in [-0.3, -0.25) is 4.68 Å². The van der Waals surface area contributed by atoms with Gasteiger partial charge < -0.3 is 5.32 Å². The maximum absolute atomic E-state index is 4.35. The number of aromatic nitrogens is 2. The molecule has 0 aliphatic heterocycles. The van der Waals surface area contributed by atoms with Crippen LogP contribution in [0.5, 0.6) is 0 Å². The first-order valence-electron chi connectivity index (χ1n) is 6.09. The van der Waals surface area contributed by atoms with E-state index in [1.54, 1.807) is 0 Å². The molecule has 3 nitrogen and oxygen atoms in total. The van der Waals surface area contributed by atoms with Crippen molar-refractivity contribution in [2.75, 3.05) is 13.1 Å². The predicted molar refractivity (Wildman–Crippen MR) is 61.9 cm³/mol. The predicted octanol–water partition coefficient (Wildman–Crippen LogP) is 2.01. The van der Waals surface area contributed by atoms with Crippen LogP contribution in [0.15, 0.2) is 12.3 Å². The highest BCUT2D eigenvalue weighted by molar-refractivity contribution is 5.13. The molecule has 1 N–H and O–H groups in total. The molecule has 84 valence electrons. The number of hydrogen-bond acceptors (Lipinski definition) is 2. The Hall–Kier alpha value is -0.830. The maximum atomic E-state index is 4.35. The Balaban J connectivity index is 1.99. The third-order valence-corrected chi connectivity index (χ3v) is 3.50. The second kappa shape index (κ2) is 4.79. The third kappa shape index (κ3) is 2.07. The first-order valence-corrected chi connectivity index (χ1v) is 6.09. The van der Waals surface area contributed by atoms with Gasteiger partial charge in [-0.25, -0.2) is 0 Å². The van der Waals surface area contributed by atoms with Crippen LogP contribution in [0.2, 0.25) is 0 Å². The van der Waals surface area contributed by atoms with E-state index in [1.165, 1.54) is 18.5 Å². The zero-order valence-electron chi connectivity index (χ0n) is 9.74. The Labute approximate surface area is 91.9 Å². The molecule has 0 aromatic carbocycles. The van der Waals surface area contributed by atoms with E-state index in [-0.39, 0.29) is 0 Å². The van der Waals surface area contributed by atoms with Crippen LogP contribution in [-0.4, -0.2) is 22.9 Å². The molecule has 0 amide bonds. The number of hydrogen-bond donors (Lipinski definition) is 1. The highest BCUT2D eigenvalue weighted by Crippen LogP contribution is 2.41. The summed E-state index contributed by atoms with van der Waals surface area (Å²) in [5, 5.41) is 7.80. The van der Waals surface area contributed by atoms with Crippen LogP contribution in [-0.2, 0) is 6.54 Å². The summed E-state index contributed by atoms with van der Waals surface area (Å²) in [4.78, 5) is 0. The zero-order chi connectivity index (χ0) is 10.7. The molecule has 1 aromatic heterocycles. The molecule has 1 aromatic rings. The molecule has 1 aliphatic rings. The molecule has 1 saturated carbocycles. The Bertz CT molecular complexity index is 306. The monoisotopic (exact) mass is 207 g/mol. The number of aryl methyl sites for hydroxylation is 1. The smallest absolute Gasteiger partial charge is 0.0492 e. The second-order valence-electron chi connectivity index (χ2n) is 4.32. The standard InChI is InChI=1S/C12H21N3/c1-3-13-9-10-5-6-11(10)12-7-8-14-15(12)4-2/h7-8,10-11,13H,3-6,9H2,1-2H3. The fourth-order valence-corrected chi connectivity index (χ4v) is 2.45. The van der Waals surface area contributed by atoms with Crippen LogP contribution in [0.3, 0.4) is 0 Å². The van der Waals surface area contributed by atoms with Crippen molar-refractivity contribution in [3.05, 3.63) is 18.0 Å². The number of nitrogens with one attached hydrogen (secondary N) is 1. The van der Waals surface area contributed by atoms with Gasteiger partial charge in [0.15, 0.2) is 0 Å². The summed E-state index contributed by atoms with van der Waals surface area (Å²) >= 11 is 0. The van der Waals surface area contributed by atoms with Gasteiger partial charge >= 0.3 is 0 Å². The Morgan fingerprint density at radius 3 is 2.93 bits per heavy atom. The van der Waals surface area contributed by atoms with Gasteiger partial charge in [0, 0.05) is 24.4 Å². The minimum atomic E-state index is 0.742. The molecule has 0 radical (unpaired) electrons. The number of rotatable bonds is 5. The molecule has 1 aliphatic carbocycles. The molecule has 0 bridgehead atoms. The third-order valence-electron chi connectivity index (χ3n) is 3.50. The summed E-state index contributed by atoms with van der Waals surface area (Å²) in [6.07, 6.45) is 4.63. The molecule has 1 fully saturated rings. The van der Waals surface area contributed by atoms with Crippen LogP contribution < -0.4 is 5.32 Å². The lowest BCUT2D eigenvalue weighted by Crippen LogP contribution is -2.34. The van der Waals surface area contributed by atoms with E-state index >= 15 is 0 Å². The van der Waals surface area contributed by atoms with Gasteiger partial charge in [-0.2, -0.15) is 5.10 Å². The van der Waals surface area contributed by atoms with Gasteiger partial charge in [0.2, 0.25) is 0 Å². The van der Waals surface area contributed by atoms with Crippen LogP contribution in [0, 0.1) is 5.92 Å². The van der Waals surface area contributed by atoms with Gasteiger partial charge in [0.1, 0.15) is 0 Å². The Morgan fingerprint density at radius 2 is 2.33 bits per heavy atom. The lowest BCUT2D eigenvalue weighted by Gasteiger charge is -2.37. The van der Waals surface area contributed by atoms with Crippen molar-refractivity contribution in [1.29, 1.82) is 0 Å². The maximum Gasteiger partial charge on any atom is 0.0492 e. The molecule has 2 unspecified atom stereocenters. The van der Waals surface area contributed by atoms with Crippen molar-refractivity contribution in [1.82, 2.24) is 15.1 Å². The summed E-state index contributed by atoms with van der Waals surface area (Å²) < 4.78 is 2.14. The first-order chi connectivity index (χ1) is 7.36. The van der Waals surface area contributed by atoms with E-state index in [0.717, 1.165) is 31.5 Å². The van der Waals surface area contributed by atoms with Crippen molar-refractivity contribution in [3.8, 4) is 0 Å². The van der Waals surface area contributed by atoms with Gasteiger partial charge in [-0.15, -0.1) is 0 Å². The molecule has 2 atom stereocenters. The van der Waals surface area contributed by atoms with Crippen LogP contribution >= 0.6 is 0 Å². The normalized spacial score (nSPS) is 25.2. The van der Waals surface area contributed by atoms with Gasteiger partial charge in [0.05, 0.1) is 0 Å². The lowest BCUT2D eigenvalue weighted by atomic mass is 9.72. The summed E-state index contributed by atoms with van der Waals surface area (Å²) in [5.41, 5.74) is 1.44. The average Bonchev–Trinajstić information content (AvgIpc) is 2.65.